The lowest BCUT2D eigenvalue weighted by Crippen LogP contribution is -2.61. The van der Waals surface area contributed by atoms with Gasteiger partial charge < -0.3 is 39.8 Å². The third kappa shape index (κ3) is 21.3. The molecular formula is C66H87N5O12. The fourth-order valence-electron chi connectivity index (χ4n) is 10.4. The summed E-state index contributed by atoms with van der Waals surface area (Å²) in [6.45, 7) is 14.7. The number of ether oxygens (including phenoxy) is 4. The highest BCUT2D eigenvalue weighted by atomic mass is 16.6. The van der Waals surface area contributed by atoms with Crippen LogP contribution >= 0.6 is 0 Å². The van der Waals surface area contributed by atoms with E-state index in [4.69, 9.17) is 18.9 Å². The smallest absolute Gasteiger partial charge is 0.410 e. The molecule has 17 nitrogen and oxygen atoms in total. The quantitative estimate of drug-likeness (QED) is 0.0275. The number of Topliss-reactive ketones (excluding diaryl/α,β-unsaturated/α-hetero) is 2. The van der Waals surface area contributed by atoms with Crippen LogP contribution in [-0.2, 0) is 68.0 Å². The number of hydrogen-bond acceptors (Lipinski definition) is 12. The number of amides is 5. The zero-order valence-corrected chi connectivity index (χ0v) is 49.9. The van der Waals surface area contributed by atoms with Crippen molar-refractivity contribution >= 4 is 47.6 Å². The van der Waals surface area contributed by atoms with Gasteiger partial charge in [-0.05, 0) is 121 Å². The van der Waals surface area contributed by atoms with Gasteiger partial charge in [-0.3, -0.25) is 24.1 Å². The molecular weight excluding hydrogens is 1050 g/mol. The van der Waals surface area contributed by atoms with Gasteiger partial charge >= 0.3 is 24.2 Å². The van der Waals surface area contributed by atoms with Gasteiger partial charge in [-0.25, -0.2) is 19.2 Å². The number of carbonyl (C=O) groups is 8. The summed E-state index contributed by atoms with van der Waals surface area (Å²) >= 11 is 0. The molecule has 5 amide bonds. The summed E-state index contributed by atoms with van der Waals surface area (Å²) < 4.78 is 22.6. The fourth-order valence-corrected chi connectivity index (χ4v) is 10.4. The Morgan fingerprint density at radius 2 is 1.17 bits per heavy atom. The second-order valence-electron chi connectivity index (χ2n) is 24.8. The highest BCUT2D eigenvalue weighted by molar-refractivity contribution is 5.95. The maximum atomic E-state index is 14.9. The van der Waals surface area contributed by atoms with Crippen LogP contribution in [0.3, 0.4) is 0 Å². The number of likely N-dealkylation sites (tertiary alicyclic amines) is 1. The lowest BCUT2D eigenvalue weighted by molar-refractivity contribution is -0.157. The Balaban J connectivity index is 1.20. The molecule has 2 aliphatic rings. The van der Waals surface area contributed by atoms with Crippen molar-refractivity contribution in [2.45, 2.75) is 167 Å². The first-order valence-corrected chi connectivity index (χ1v) is 29.3. The number of carbonyl (C=O) groups excluding carboxylic acids is 8. The molecule has 4 aromatic rings. The van der Waals surface area contributed by atoms with E-state index in [1.54, 1.807) is 46.4 Å². The van der Waals surface area contributed by atoms with Crippen molar-refractivity contribution < 1.29 is 57.3 Å². The van der Waals surface area contributed by atoms with Crippen molar-refractivity contribution in [1.82, 2.24) is 25.8 Å². The van der Waals surface area contributed by atoms with Crippen LogP contribution in [0.4, 0.5) is 14.4 Å². The van der Waals surface area contributed by atoms with Gasteiger partial charge in [0.25, 0.3) is 0 Å². The van der Waals surface area contributed by atoms with Crippen LogP contribution in [0.15, 0.2) is 121 Å². The molecule has 1 heterocycles. The van der Waals surface area contributed by atoms with E-state index >= 15 is 0 Å². The summed E-state index contributed by atoms with van der Waals surface area (Å²) in [6, 6.07) is 36.4. The van der Waals surface area contributed by atoms with Crippen LogP contribution in [-0.4, -0.2) is 113 Å². The van der Waals surface area contributed by atoms with E-state index in [9.17, 15) is 38.4 Å². The predicted octanol–water partition coefficient (Wildman–Crippen LogP) is 10.6. The number of piperidine rings is 1. The molecule has 83 heavy (non-hydrogen) atoms. The SMILES string of the molecule is CC(C)C[C@@H](NC(=O)[C@H](CC(=O)CN(CC1(c2ccccc2)CC1)C(=O)OC(C)(C)C)Cc1ccccc1)C(=O)C[C@H](CCCCNC(=O)OC(C)(C)C)C(=O)N1CCC(NC(=O)OCc2ccccc2)(C(=O)OCc2ccccc2)CC1. The first kappa shape index (κ1) is 64.6. The molecule has 4 aromatic carbocycles. The van der Waals surface area contributed by atoms with Crippen LogP contribution in [0.1, 0.15) is 142 Å². The highest BCUT2D eigenvalue weighted by Crippen LogP contribution is 2.49. The number of nitrogens with zero attached hydrogens (tertiary/aromatic N) is 2. The predicted molar refractivity (Wildman–Crippen MR) is 316 cm³/mol. The van der Waals surface area contributed by atoms with Crippen LogP contribution in [0, 0.1) is 17.8 Å². The third-order valence-electron chi connectivity index (χ3n) is 14.9. The normalized spacial score (nSPS) is 15.6. The van der Waals surface area contributed by atoms with Crippen LogP contribution in [0.2, 0.25) is 0 Å². The number of benzene rings is 4. The van der Waals surface area contributed by atoms with Crippen molar-refractivity contribution in [3.63, 3.8) is 0 Å². The van der Waals surface area contributed by atoms with Gasteiger partial charge in [0.05, 0.1) is 12.6 Å². The molecule has 0 unspecified atom stereocenters. The third-order valence-corrected chi connectivity index (χ3v) is 14.9. The van der Waals surface area contributed by atoms with Gasteiger partial charge in [-0.2, -0.15) is 0 Å². The number of esters is 1. The van der Waals surface area contributed by atoms with E-state index in [0.29, 0.717) is 12.8 Å². The van der Waals surface area contributed by atoms with Crippen molar-refractivity contribution in [3.05, 3.63) is 144 Å². The summed E-state index contributed by atoms with van der Waals surface area (Å²) in [4.78, 5) is 116. The van der Waals surface area contributed by atoms with Crippen LogP contribution < -0.4 is 16.0 Å². The van der Waals surface area contributed by atoms with E-state index in [2.05, 4.69) is 16.0 Å². The van der Waals surface area contributed by atoms with Crippen molar-refractivity contribution in [3.8, 4) is 0 Å². The van der Waals surface area contributed by atoms with E-state index in [0.717, 1.165) is 35.1 Å². The Kier molecular flexibility index (Phi) is 23.5. The molecule has 6 rings (SSSR count). The van der Waals surface area contributed by atoms with Gasteiger partial charge in [0.2, 0.25) is 11.8 Å². The molecule has 448 valence electrons. The number of alkyl carbamates (subject to hydrolysis) is 2. The minimum absolute atomic E-state index is 0.00966. The lowest BCUT2D eigenvalue weighted by Gasteiger charge is -2.41. The summed E-state index contributed by atoms with van der Waals surface area (Å²) in [7, 11) is 0. The van der Waals surface area contributed by atoms with Gasteiger partial charge in [0.1, 0.15) is 30.0 Å². The number of hydrogen-bond donors (Lipinski definition) is 3. The standard InChI is InChI=1S/C66H87N5O12/c1-47(2)39-55(68-57(74)52(40-48-23-13-9-14-24-48)41-54(72)43-71(62(79)83-64(6,7)8)46-65(32-33-65)53-30-19-12-20-31-53)56(73)42-51(29-21-22-36-67-60(77)82-63(3,4)5)58(75)70-37-34-66(35-38-70,59(76)80-44-49-25-15-10-16-26-49)69-61(78)81-45-50-27-17-11-18-28-50/h9-20,23-28,30-31,47,51-52,55H,21-22,29,32-46H2,1-8H3,(H,67,77)(H,68,74)(H,69,78)/t51-,52-,55+/m0/s1. The van der Waals surface area contributed by atoms with E-state index in [1.165, 1.54) is 4.90 Å². The molecule has 2 fully saturated rings. The minimum Gasteiger partial charge on any atom is -0.459 e. The zero-order valence-electron chi connectivity index (χ0n) is 49.9. The number of nitrogens with one attached hydrogen (secondary N) is 3. The Labute approximate surface area is 490 Å². The maximum absolute atomic E-state index is 14.9. The maximum Gasteiger partial charge on any atom is 0.410 e. The molecule has 3 atom stereocenters. The summed E-state index contributed by atoms with van der Waals surface area (Å²) in [5.74, 6) is -4.11. The molecule has 0 spiro atoms. The second kappa shape index (κ2) is 30.1. The van der Waals surface area contributed by atoms with Crippen molar-refractivity contribution in [2.24, 2.45) is 17.8 Å². The number of unbranched alkanes of at least 4 members (excludes halogenated alkanes) is 1. The number of rotatable bonds is 28. The Morgan fingerprint density at radius 3 is 1.71 bits per heavy atom. The Hall–Kier alpha value is -7.56. The fraction of sp³-hybridized carbons (Fsp3) is 0.515. The van der Waals surface area contributed by atoms with Crippen molar-refractivity contribution in [2.75, 3.05) is 32.7 Å². The van der Waals surface area contributed by atoms with E-state index in [-0.39, 0.29) is 120 Å². The van der Waals surface area contributed by atoms with Crippen LogP contribution in [0.25, 0.3) is 0 Å². The summed E-state index contributed by atoms with van der Waals surface area (Å²) in [5.41, 5.74) is -0.0191. The average molecular weight is 1140 g/mol. The van der Waals surface area contributed by atoms with Gasteiger partial charge in [-0.15, -0.1) is 0 Å². The first-order valence-electron chi connectivity index (χ1n) is 29.3. The molecule has 1 aliphatic heterocycles. The zero-order chi connectivity index (χ0) is 60.2. The van der Waals surface area contributed by atoms with Gasteiger partial charge in [0, 0.05) is 56.3 Å². The largest absolute Gasteiger partial charge is 0.459 e. The summed E-state index contributed by atoms with van der Waals surface area (Å²) in [5, 5.41) is 8.59. The van der Waals surface area contributed by atoms with Crippen molar-refractivity contribution in [1.29, 1.82) is 0 Å². The Morgan fingerprint density at radius 1 is 0.627 bits per heavy atom. The van der Waals surface area contributed by atoms with Gasteiger partial charge in [0.15, 0.2) is 11.6 Å². The molecule has 3 N–H and O–H groups in total. The van der Waals surface area contributed by atoms with E-state index < -0.39 is 64.8 Å². The molecule has 17 heteroatoms. The summed E-state index contributed by atoms with van der Waals surface area (Å²) in [6.07, 6.45) is 0.733. The molecule has 1 saturated heterocycles. The average Bonchev–Trinajstić information content (AvgIpc) is 4.34. The molecule has 0 radical (unpaired) electrons. The topological polar surface area (TPSA) is 216 Å². The minimum atomic E-state index is -1.54. The molecule has 1 aliphatic carbocycles. The highest BCUT2D eigenvalue weighted by Gasteiger charge is 2.48. The molecule has 0 aromatic heterocycles. The monoisotopic (exact) mass is 1140 g/mol. The van der Waals surface area contributed by atoms with E-state index in [1.807, 2.05) is 135 Å². The van der Waals surface area contributed by atoms with Crippen LogP contribution in [0.5, 0.6) is 0 Å². The first-order chi connectivity index (χ1) is 39.4. The van der Waals surface area contributed by atoms with Gasteiger partial charge in [-0.1, -0.05) is 142 Å². The lowest BCUT2D eigenvalue weighted by atomic mass is 9.85. The Bertz CT molecular complexity index is 2770. The number of ketones is 2. The molecule has 1 saturated carbocycles. The second-order valence-corrected chi connectivity index (χ2v) is 24.8. The molecule has 0 bridgehead atoms.